The standard InChI is InChI=1S/C28H20F3IN4OS/c1-36-27(18-5-8-20(9-6-18)37-28(29,30)31)23-11-7-19-13-17(4-10-22(19)26(23)35-36)15-33-16-21(38)14-25-24(32)3-2-12-34-25/h2-13,15H,14,16H2,1H3. The predicted molar refractivity (Wildman–Crippen MR) is 156 cm³/mol. The van der Waals surface area contributed by atoms with E-state index in [0.29, 0.717) is 13.0 Å². The molecule has 192 valence electrons. The Morgan fingerprint density at radius 3 is 2.58 bits per heavy atom. The number of benzene rings is 3. The maximum absolute atomic E-state index is 12.5. The number of rotatable bonds is 7. The molecule has 2 heterocycles. The molecule has 3 aromatic carbocycles. The molecule has 0 radical (unpaired) electrons. The second kappa shape index (κ2) is 10.8. The molecule has 0 aliphatic heterocycles. The normalized spacial score (nSPS) is 12.0. The van der Waals surface area contributed by atoms with Crippen LogP contribution in [0.5, 0.6) is 5.75 Å². The molecule has 0 atom stereocenters. The van der Waals surface area contributed by atoms with Crippen LogP contribution in [-0.4, -0.2) is 38.8 Å². The third-order valence-electron chi connectivity index (χ3n) is 5.91. The van der Waals surface area contributed by atoms with Gasteiger partial charge in [0.25, 0.3) is 0 Å². The molecule has 5 aromatic rings. The van der Waals surface area contributed by atoms with Crippen molar-refractivity contribution in [3.63, 3.8) is 0 Å². The van der Waals surface area contributed by atoms with Crippen molar-refractivity contribution in [3.05, 3.63) is 87.8 Å². The fraction of sp³-hybridized carbons (Fsp3) is 0.143. The van der Waals surface area contributed by atoms with E-state index in [0.717, 1.165) is 52.6 Å². The summed E-state index contributed by atoms with van der Waals surface area (Å²) in [7, 11) is 1.82. The van der Waals surface area contributed by atoms with Crippen molar-refractivity contribution in [2.75, 3.05) is 6.54 Å². The Morgan fingerprint density at radius 2 is 1.84 bits per heavy atom. The van der Waals surface area contributed by atoms with Crippen molar-refractivity contribution in [1.82, 2.24) is 14.8 Å². The van der Waals surface area contributed by atoms with Crippen LogP contribution in [0.4, 0.5) is 13.2 Å². The topological polar surface area (TPSA) is 52.3 Å². The van der Waals surface area contributed by atoms with Crippen LogP contribution >= 0.6 is 34.8 Å². The SMILES string of the molecule is Cn1nc2c(ccc3cc(C=NCC(=S)Cc4ncccc4I)ccc32)c1-c1ccc(OC(F)(F)F)cc1. The zero-order valence-electron chi connectivity index (χ0n) is 20.0. The Balaban J connectivity index is 1.36. The summed E-state index contributed by atoms with van der Waals surface area (Å²) in [6.45, 7) is 0.440. The smallest absolute Gasteiger partial charge is 0.406 e. The van der Waals surface area contributed by atoms with Gasteiger partial charge in [-0.05, 0) is 82.1 Å². The van der Waals surface area contributed by atoms with Crippen molar-refractivity contribution < 1.29 is 17.9 Å². The average molecular weight is 644 g/mol. The number of nitrogens with zero attached hydrogens (tertiary/aromatic N) is 4. The van der Waals surface area contributed by atoms with Crippen LogP contribution < -0.4 is 4.74 Å². The number of pyridine rings is 1. The minimum absolute atomic E-state index is 0.264. The van der Waals surface area contributed by atoms with E-state index in [1.165, 1.54) is 12.1 Å². The van der Waals surface area contributed by atoms with Gasteiger partial charge in [0, 0.05) is 50.7 Å². The Bertz CT molecular complexity index is 1680. The summed E-state index contributed by atoms with van der Waals surface area (Å²) in [5.74, 6) is -0.264. The second-order valence-corrected chi connectivity index (χ2v) is 10.3. The van der Waals surface area contributed by atoms with Crippen molar-refractivity contribution in [1.29, 1.82) is 0 Å². The number of aliphatic imine (C=N–C) groups is 1. The minimum Gasteiger partial charge on any atom is -0.406 e. The number of thiocarbonyl (C=S) groups is 1. The molecular formula is C28H20F3IN4OS. The highest BCUT2D eigenvalue weighted by Crippen LogP contribution is 2.34. The van der Waals surface area contributed by atoms with E-state index in [4.69, 9.17) is 17.3 Å². The van der Waals surface area contributed by atoms with Gasteiger partial charge < -0.3 is 4.74 Å². The highest BCUT2D eigenvalue weighted by atomic mass is 127. The van der Waals surface area contributed by atoms with Crippen LogP contribution in [0.1, 0.15) is 11.3 Å². The number of alkyl halides is 3. The molecule has 0 aliphatic rings. The highest BCUT2D eigenvalue weighted by molar-refractivity contribution is 14.1. The van der Waals surface area contributed by atoms with Gasteiger partial charge in [-0.1, -0.05) is 30.4 Å². The zero-order chi connectivity index (χ0) is 26.9. The van der Waals surface area contributed by atoms with Crippen molar-refractivity contribution in [3.8, 4) is 17.0 Å². The first-order valence-electron chi connectivity index (χ1n) is 11.5. The summed E-state index contributed by atoms with van der Waals surface area (Å²) in [5, 5.41) is 7.59. The van der Waals surface area contributed by atoms with Gasteiger partial charge in [0.2, 0.25) is 0 Å². The number of halogens is 4. The molecule has 0 aliphatic carbocycles. The number of fused-ring (bicyclic) bond motifs is 3. The fourth-order valence-corrected chi connectivity index (χ4v) is 5.03. The van der Waals surface area contributed by atoms with Crippen LogP contribution in [0.2, 0.25) is 0 Å². The molecule has 0 unspecified atom stereocenters. The largest absolute Gasteiger partial charge is 0.573 e. The van der Waals surface area contributed by atoms with Crippen LogP contribution in [0.15, 0.2) is 77.9 Å². The Morgan fingerprint density at radius 1 is 1.08 bits per heavy atom. The summed E-state index contributed by atoms with van der Waals surface area (Å²) in [6, 6.07) is 19.7. The molecule has 5 rings (SSSR count). The van der Waals surface area contributed by atoms with Crippen molar-refractivity contribution in [2.24, 2.45) is 12.0 Å². The molecule has 5 nitrogen and oxygen atoms in total. The van der Waals surface area contributed by atoms with Crippen molar-refractivity contribution >= 4 is 67.6 Å². The monoisotopic (exact) mass is 644 g/mol. The third kappa shape index (κ3) is 5.86. The summed E-state index contributed by atoms with van der Waals surface area (Å²) >= 11 is 7.76. The first kappa shape index (κ1) is 26.2. The average Bonchev–Trinajstić information content (AvgIpc) is 3.21. The minimum atomic E-state index is -4.73. The third-order valence-corrected chi connectivity index (χ3v) is 7.17. The fourth-order valence-electron chi connectivity index (χ4n) is 4.29. The van der Waals surface area contributed by atoms with E-state index in [2.05, 4.69) is 37.3 Å². The summed E-state index contributed by atoms with van der Waals surface area (Å²) in [5.41, 5.74) is 4.27. The molecule has 0 saturated carbocycles. The number of aryl methyl sites for hydroxylation is 1. The highest BCUT2D eigenvalue weighted by Gasteiger charge is 2.31. The van der Waals surface area contributed by atoms with E-state index in [9.17, 15) is 13.2 Å². The van der Waals surface area contributed by atoms with E-state index < -0.39 is 6.36 Å². The second-order valence-electron chi connectivity index (χ2n) is 8.60. The van der Waals surface area contributed by atoms with Crippen LogP contribution in [0.25, 0.3) is 32.9 Å². The maximum atomic E-state index is 12.5. The van der Waals surface area contributed by atoms with Gasteiger partial charge in [-0.3, -0.25) is 14.7 Å². The van der Waals surface area contributed by atoms with Gasteiger partial charge in [0.05, 0.1) is 17.9 Å². The van der Waals surface area contributed by atoms with E-state index >= 15 is 0 Å². The Labute approximate surface area is 235 Å². The lowest BCUT2D eigenvalue weighted by atomic mass is 10.0. The molecule has 38 heavy (non-hydrogen) atoms. The molecule has 0 spiro atoms. The number of ether oxygens (including phenoxy) is 1. The zero-order valence-corrected chi connectivity index (χ0v) is 23.0. The van der Waals surface area contributed by atoms with Crippen molar-refractivity contribution in [2.45, 2.75) is 12.8 Å². The van der Waals surface area contributed by atoms with Gasteiger partial charge in [0.1, 0.15) is 11.3 Å². The van der Waals surface area contributed by atoms with Gasteiger partial charge in [-0.15, -0.1) is 13.2 Å². The number of aromatic nitrogens is 3. The summed E-state index contributed by atoms with van der Waals surface area (Å²) in [4.78, 5) is 9.73. The quantitative estimate of drug-likeness (QED) is 0.106. The number of hydrogen-bond acceptors (Lipinski definition) is 5. The van der Waals surface area contributed by atoms with Gasteiger partial charge >= 0.3 is 6.36 Å². The molecule has 0 bridgehead atoms. The Hall–Kier alpha value is -3.38. The molecular weight excluding hydrogens is 624 g/mol. The number of hydrogen-bond donors (Lipinski definition) is 0. The van der Waals surface area contributed by atoms with Gasteiger partial charge in [-0.25, -0.2) is 0 Å². The van der Waals surface area contributed by atoms with Gasteiger partial charge in [0.15, 0.2) is 0 Å². The maximum Gasteiger partial charge on any atom is 0.573 e. The Kier molecular flexibility index (Phi) is 7.44. The first-order chi connectivity index (χ1) is 18.2. The van der Waals surface area contributed by atoms with Crippen LogP contribution in [-0.2, 0) is 13.5 Å². The molecule has 10 heteroatoms. The molecule has 0 saturated heterocycles. The van der Waals surface area contributed by atoms with E-state index in [1.807, 2.05) is 55.7 Å². The molecule has 0 N–H and O–H groups in total. The molecule has 2 aromatic heterocycles. The van der Waals surface area contributed by atoms with Crippen LogP contribution in [0, 0.1) is 3.57 Å². The summed E-state index contributed by atoms with van der Waals surface area (Å²) < 4.78 is 44.3. The van der Waals surface area contributed by atoms with E-state index in [-0.39, 0.29) is 5.75 Å². The lowest BCUT2D eigenvalue weighted by molar-refractivity contribution is -0.274. The van der Waals surface area contributed by atoms with Gasteiger partial charge in [-0.2, -0.15) is 5.10 Å². The lowest BCUT2D eigenvalue weighted by Crippen LogP contribution is -2.16. The predicted octanol–water partition coefficient (Wildman–Crippen LogP) is 7.32. The van der Waals surface area contributed by atoms with Crippen LogP contribution in [0.3, 0.4) is 0 Å². The van der Waals surface area contributed by atoms with E-state index in [1.54, 1.807) is 23.0 Å². The summed E-state index contributed by atoms with van der Waals surface area (Å²) in [6.07, 6.45) is -0.536. The lowest BCUT2D eigenvalue weighted by Gasteiger charge is -2.09. The molecule has 0 amide bonds. The molecule has 0 fully saturated rings. The first-order valence-corrected chi connectivity index (χ1v) is 13.0.